The zero-order chi connectivity index (χ0) is 14.5. The van der Waals surface area contributed by atoms with Crippen molar-refractivity contribution in [2.45, 2.75) is 11.9 Å². The van der Waals surface area contributed by atoms with Crippen molar-refractivity contribution in [3.05, 3.63) is 45.5 Å². The number of nitrogens with one attached hydrogen (secondary N) is 2. The van der Waals surface area contributed by atoms with Crippen LogP contribution in [-0.2, 0) is 4.79 Å². The maximum Gasteiger partial charge on any atom is 0.362 e. The highest BCUT2D eigenvalue weighted by atomic mass is 35.5. The van der Waals surface area contributed by atoms with Crippen molar-refractivity contribution in [2.24, 2.45) is 0 Å². The summed E-state index contributed by atoms with van der Waals surface area (Å²) in [7, 11) is 0. The van der Waals surface area contributed by atoms with Gasteiger partial charge >= 0.3 is 5.69 Å². The first kappa shape index (κ1) is 14.5. The molecule has 2 N–H and O–H groups in total. The maximum atomic E-state index is 11.8. The van der Waals surface area contributed by atoms with Crippen molar-refractivity contribution in [3.8, 4) is 0 Å². The molecule has 0 unspecified atom stereocenters. The summed E-state index contributed by atoms with van der Waals surface area (Å²) in [6.07, 6.45) is 0. The summed E-state index contributed by atoms with van der Waals surface area (Å²) >= 11 is 6.92. The summed E-state index contributed by atoms with van der Waals surface area (Å²) < 4.78 is 0. The molecule has 2 aromatic rings. The number of carbonyl (C=O) groups excluding carboxylic acids is 1. The number of aromatic amines is 1. The van der Waals surface area contributed by atoms with E-state index in [1.165, 1.54) is 0 Å². The fourth-order valence-electron chi connectivity index (χ4n) is 1.38. The van der Waals surface area contributed by atoms with Gasteiger partial charge in [0, 0.05) is 10.7 Å². The Morgan fingerprint density at radius 2 is 2.10 bits per heavy atom. The van der Waals surface area contributed by atoms with Gasteiger partial charge in [0.1, 0.15) is 5.03 Å². The topological polar surface area (TPSA) is 87.7 Å². The van der Waals surface area contributed by atoms with Crippen LogP contribution in [0.4, 0.5) is 5.69 Å². The standard InChI is InChI=1S/C12H11ClN4O2S/c1-7-11(15-12(19)17-16-7)20-6-10(18)14-9-4-2-8(13)3-5-9/h2-5H,6H2,1H3,(H,14,18)(H,15,17,19). The number of anilines is 1. The number of benzene rings is 1. The molecule has 0 radical (unpaired) electrons. The molecule has 104 valence electrons. The summed E-state index contributed by atoms with van der Waals surface area (Å²) in [6, 6.07) is 6.81. The minimum Gasteiger partial charge on any atom is -0.325 e. The van der Waals surface area contributed by atoms with Gasteiger partial charge in [0.25, 0.3) is 0 Å². The number of carbonyl (C=O) groups is 1. The molecule has 20 heavy (non-hydrogen) atoms. The first-order valence-electron chi connectivity index (χ1n) is 5.66. The fraction of sp³-hybridized carbons (Fsp3) is 0.167. The number of hydrogen-bond acceptors (Lipinski definition) is 5. The van der Waals surface area contributed by atoms with Crippen LogP contribution in [0.3, 0.4) is 0 Å². The molecular weight excluding hydrogens is 300 g/mol. The van der Waals surface area contributed by atoms with Crippen molar-refractivity contribution in [2.75, 3.05) is 11.1 Å². The monoisotopic (exact) mass is 310 g/mol. The van der Waals surface area contributed by atoms with Crippen LogP contribution in [0.2, 0.25) is 5.02 Å². The third kappa shape index (κ3) is 4.07. The Labute approximate surface area is 124 Å². The van der Waals surface area contributed by atoms with Gasteiger partial charge in [-0.3, -0.25) is 4.79 Å². The summed E-state index contributed by atoms with van der Waals surface area (Å²) in [6.45, 7) is 1.71. The van der Waals surface area contributed by atoms with E-state index in [0.29, 0.717) is 21.4 Å². The van der Waals surface area contributed by atoms with Crippen molar-refractivity contribution >= 4 is 35.0 Å². The lowest BCUT2D eigenvalue weighted by Gasteiger charge is -2.05. The second-order valence-electron chi connectivity index (χ2n) is 3.87. The van der Waals surface area contributed by atoms with Crippen LogP contribution in [0.15, 0.2) is 34.1 Å². The van der Waals surface area contributed by atoms with Crippen molar-refractivity contribution in [1.29, 1.82) is 0 Å². The lowest BCUT2D eigenvalue weighted by atomic mass is 10.3. The van der Waals surface area contributed by atoms with Gasteiger partial charge in [-0.15, -0.1) is 0 Å². The van der Waals surface area contributed by atoms with E-state index >= 15 is 0 Å². The lowest BCUT2D eigenvalue weighted by Crippen LogP contribution is -2.17. The van der Waals surface area contributed by atoms with Crippen LogP contribution in [0, 0.1) is 6.92 Å². The maximum absolute atomic E-state index is 11.8. The average molecular weight is 311 g/mol. The van der Waals surface area contributed by atoms with Crippen LogP contribution in [0.25, 0.3) is 0 Å². The lowest BCUT2D eigenvalue weighted by molar-refractivity contribution is -0.113. The SMILES string of the molecule is Cc1n[nH]c(=O)nc1SCC(=O)Nc1ccc(Cl)cc1. The molecule has 2 rings (SSSR count). The highest BCUT2D eigenvalue weighted by molar-refractivity contribution is 8.00. The van der Waals surface area contributed by atoms with Crippen LogP contribution in [-0.4, -0.2) is 26.8 Å². The van der Waals surface area contributed by atoms with E-state index in [1.54, 1.807) is 31.2 Å². The average Bonchev–Trinajstić information content (AvgIpc) is 2.42. The fourth-order valence-corrected chi connectivity index (χ4v) is 2.25. The number of thioether (sulfide) groups is 1. The van der Waals surface area contributed by atoms with Crippen molar-refractivity contribution in [3.63, 3.8) is 0 Å². The Morgan fingerprint density at radius 1 is 1.40 bits per heavy atom. The minimum absolute atomic E-state index is 0.140. The Morgan fingerprint density at radius 3 is 2.80 bits per heavy atom. The molecule has 8 heteroatoms. The summed E-state index contributed by atoms with van der Waals surface area (Å²) in [4.78, 5) is 26.6. The zero-order valence-corrected chi connectivity index (χ0v) is 12.1. The highest BCUT2D eigenvalue weighted by Crippen LogP contribution is 2.17. The molecule has 0 spiro atoms. The Balaban J connectivity index is 1.93. The molecule has 0 aliphatic carbocycles. The molecule has 0 saturated carbocycles. The van der Waals surface area contributed by atoms with E-state index in [1.807, 2.05) is 0 Å². The largest absolute Gasteiger partial charge is 0.362 e. The summed E-state index contributed by atoms with van der Waals surface area (Å²) in [5.41, 5.74) is 0.707. The minimum atomic E-state index is -0.531. The molecule has 0 aliphatic heterocycles. The summed E-state index contributed by atoms with van der Waals surface area (Å²) in [5, 5.41) is 9.78. The molecule has 0 atom stereocenters. The normalized spacial score (nSPS) is 10.3. The predicted molar refractivity (Wildman–Crippen MR) is 78.2 cm³/mol. The van der Waals surface area contributed by atoms with Gasteiger partial charge in [-0.25, -0.2) is 9.89 Å². The van der Waals surface area contributed by atoms with Gasteiger partial charge in [-0.2, -0.15) is 10.1 Å². The molecule has 6 nitrogen and oxygen atoms in total. The van der Waals surface area contributed by atoms with E-state index in [4.69, 9.17) is 11.6 Å². The van der Waals surface area contributed by atoms with E-state index in [9.17, 15) is 9.59 Å². The number of nitrogens with zero attached hydrogens (tertiary/aromatic N) is 2. The van der Waals surface area contributed by atoms with Gasteiger partial charge in [0.2, 0.25) is 5.91 Å². The van der Waals surface area contributed by atoms with Gasteiger partial charge < -0.3 is 5.32 Å². The van der Waals surface area contributed by atoms with Crippen LogP contribution in [0.1, 0.15) is 5.69 Å². The van der Waals surface area contributed by atoms with Gasteiger partial charge in [-0.05, 0) is 31.2 Å². The molecule has 0 fully saturated rings. The molecule has 1 heterocycles. The molecular formula is C12H11ClN4O2S. The number of amides is 1. The van der Waals surface area contributed by atoms with Gasteiger partial charge in [0.05, 0.1) is 11.4 Å². The first-order chi connectivity index (χ1) is 9.54. The van der Waals surface area contributed by atoms with E-state index < -0.39 is 5.69 Å². The second-order valence-corrected chi connectivity index (χ2v) is 5.28. The van der Waals surface area contributed by atoms with Crippen LogP contribution >= 0.6 is 23.4 Å². The Bertz CT molecular complexity index is 672. The summed E-state index contributed by atoms with van der Waals surface area (Å²) in [5.74, 6) is -0.0551. The molecule has 0 bridgehead atoms. The van der Waals surface area contributed by atoms with Crippen molar-refractivity contribution in [1.82, 2.24) is 15.2 Å². The number of aryl methyl sites for hydroxylation is 1. The Hall–Kier alpha value is -1.86. The number of aromatic nitrogens is 3. The van der Waals surface area contributed by atoms with E-state index in [-0.39, 0.29) is 11.7 Å². The highest BCUT2D eigenvalue weighted by Gasteiger charge is 2.08. The Kier molecular flexibility index (Phi) is 4.75. The number of rotatable bonds is 4. The molecule has 0 aliphatic rings. The number of halogens is 1. The van der Waals surface area contributed by atoms with Gasteiger partial charge in [0.15, 0.2) is 0 Å². The third-order valence-corrected chi connectivity index (χ3v) is 3.62. The first-order valence-corrected chi connectivity index (χ1v) is 7.02. The van der Waals surface area contributed by atoms with E-state index in [2.05, 4.69) is 20.5 Å². The van der Waals surface area contributed by atoms with Crippen LogP contribution < -0.4 is 11.0 Å². The molecule has 1 aromatic carbocycles. The number of hydrogen-bond donors (Lipinski definition) is 2. The number of H-pyrrole nitrogens is 1. The van der Waals surface area contributed by atoms with E-state index in [0.717, 1.165) is 11.8 Å². The second kappa shape index (κ2) is 6.53. The van der Waals surface area contributed by atoms with Crippen molar-refractivity contribution < 1.29 is 4.79 Å². The zero-order valence-electron chi connectivity index (χ0n) is 10.5. The predicted octanol–water partition coefficient (Wildman–Crippen LogP) is 1.86. The van der Waals surface area contributed by atoms with Gasteiger partial charge in [-0.1, -0.05) is 23.4 Å². The smallest absolute Gasteiger partial charge is 0.325 e. The molecule has 1 aromatic heterocycles. The molecule has 0 saturated heterocycles. The third-order valence-electron chi connectivity index (χ3n) is 2.30. The quantitative estimate of drug-likeness (QED) is 0.842. The molecule has 1 amide bonds. The van der Waals surface area contributed by atoms with Crippen LogP contribution in [0.5, 0.6) is 0 Å².